The molecule has 124 valence electrons. The average molecular weight is 321 g/mol. The van der Waals surface area contributed by atoms with Crippen LogP contribution in [-0.2, 0) is 16.0 Å². The molecule has 0 bridgehead atoms. The number of amides is 1. The van der Waals surface area contributed by atoms with Crippen LogP contribution in [0.2, 0.25) is 0 Å². The molecule has 0 fully saturated rings. The van der Waals surface area contributed by atoms with Crippen molar-refractivity contribution in [3.8, 4) is 11.5 Å². The smallest absolute Gasteiger partial charge is 0.534 e. The van der Waals surface area contributed by atoms with Crippen LogP contribution in [-0.4, -0.2) is 43.7 Å². The van der Waals surface area contributed by atoms with Crippen molar-refractivity contribution >= 4 is 19.0 Å². The highest BCUT2D eigenvalue weighted by Crippen LogP contribution is 2.34. The number of fused-ring (bicyclic) bond motifs is 1. The van der Waals surface area contributed by atoms with Gasteiger partial charge in [0.05, 0.1) is 19.7 Å². The maximum atomic E-state index is 12.1. The maximum absolute atomic E-state index is 12.1. The number of esters is 1. The normalized spacial score (nSPS) is 16.2. The Hall–Kier alpha value is -2.22. The summed E-state index contributed by atoms with van der Waals surface area (Å²) in [4.78, 5) is 23.6. The minimum Gasteiger partial charge on any atom is -0.534 e. The molecule has 0 saturated heterocycles. The largest absolute Gasteiger partial charge is 0.547 e. The van der Waals surface area contributed by atoms with E-state index in [1.807, 2.05) is 0 Å². The molecule has 0 aliphatic carbocycles. The molecule has 0 saturated carbocycles. The second kappa shape index (κ2) is 7.37. The molecule has 0 aromatic heterocycles. The number of hydrogen-bond acceptors (Lipinski definition) is 6. The Morgan fingerprint density at radius 1 is 1.43 bits per heavy atom. The Morgan fingerprint density at radius 2 is 2.17 bits per heavy atom. The third kappa shape index (κ3) is 3.76. The molecule has 1 aliphatic heterocycles. The van der Waals surface area contributed by atoms with Gasteiger partial charge in [-0.05, 0) is 31.0 Å². The van der Waals surface area contributed by atoms with Crippen LogP contribution >= 0.6 is 0 Å². The summed E-state index contributed by atoms with van der Waals surface area (Å²) in [6.45, 7) is 3.65. The van der Waals surface area contributed by atoms with Crippen molar-refractivity contribution in [2.75, 3.05) is 13.7 Å². The van der Waals surface area contributed by atoms with Gasteiger partial charge in [0.25, 0.3) is 0 Å². The molecule has 0 spiro atoms. The molecule has 8 heteroatoms. The molecule has 2 N–H and O–H groups in total. The van der Waals surface area contributed by atoms with E-state index in [1.54, 1.807) is 19.9 Å². The molecule has 1 aromatic carbocycles. The SMILES string of the molecule is CCOC(=O)c1cc(OC)cc2c1OB(O)C(NC(=O)CC)C2. The van der Waals surface area contributed by atoms with Crippen molar-refractivity contribution in [1.82, 2.24) is 5.32 Å². The van der Waals surface area contributed by atoms with Gasteiger partial charge in [-0.1, -0.05) is 6.92 Å². The van der Waals surface area contributed by atoms with Gasteiger partial charge in [0.15, 0.2) is 0 Å². The first-order valence-electron chi connectivity index (χ1n) is 7.52. The van der Waals surface area contributed by atoms with Gasteiger partial charge in [-0.2, -0.15) is 0 Å². The number of rotatable bonds is 5. The number of carbonyl (C=O) groups excluding carboxylic acids is 2. The van der Waals surface area contributed by atoms with Gasteiger partial charge in [0.1, 0.15) is 17.1 Å². The Kier molecular flexibility index (Phi) is 5.49. The Balaban J connectivity index is 2.36. The monoisotopic (exact) mass is 321 g/mol. The quantitative estimate of drug-likeness (QED) is 0.613. The van der Waals surface area contributed by atoms with Crippen LogP contribution < -0.4 is 14.7 Å². The Labute approximate surface area is 135 Å². The third-order valence-electron chi connectivity index (χ3n) is 3.56. The minimum absolute atomic E-state index is 0.186. The van der Waals surface area contributed by atoms with Gasteiger partial charge in [-0.25, -0.2) is 4.79 Å². The number of ether oxygens (including phenoxy) is 2. The van der Waals surface area contributed by atoms with Crippen molar-refractivity contribution in [2.24, 2.45) is 0 Å². The van der Waals surface area contributed by atoms with Crippen LogP contribution in [0.4, 0.5) is 0 Å². The molecule has 1 atom stereocenters. The Morgan fingerprint density at radius 3 is 2.78 bits per heavy atom. The summed E-state index contributed by atoms with van der Waals surface area (Å²) in [5, 5.41) is 12.8. The maximum Gasteiger partial charge on any atom is 0.547 e. The predicted molar refractivity (Wildman–Crippen MR) is 83.5 cm³/mol. The van der Waals surface area contributed by atoms with E-state index in [-0.39, 0.29) is 23.8 Å². The van der Waals surface area contributed by atoms with E-state index in [0.29, 0.717) is 24.2 Å². The lowest BCUT2D eigenvalue weighted by atomic mass is 9.72. The van der Waals surface area contributed by atoms with E-state index in [9.17, 15) is 14.6 Å². The van der Waals surface area contributed by atoms with Crippen LogP contribution in [0.1, 0.15) is 36.2 Å². The van der Waals surface area contributed by atoms with Crippen LogP contribution in [0, 0.1) is 0 Å². The Bertz CT molecular complexity index is 606. The minimum atomic E-state index is -1.24. The van der Waals surface area contributed by atoms with Crippen LogP contribution in [0.15, 0.2) is 12.1 Å². The van der Waals surface area contributed by atoms with Crippen molar-refractivity contribution in [3.63, 3.8) is 0 Å². The topological polar surface area (TPSA) is 94.1 Å². The summed E-state index contributed by atoms with van der Waals surface area (Å²) >= 11 is 0. The number of methoxy groups -OCH3 is 1. The molecular weight excluding hydrogens is 301 g/mol. The van der Waals surface area contributed by atoms with Crippen molar-refractivity contribution in [1.29, 1.82) is 0 Å². The van der Waals surface area contributed by atoms with Crippen LogP contribution in [0.3, 0.4) is 0 Å². The van der Waals surface area contributed by atoms with Gasteiger partial charge in [-0.3, -0.25) is 4.79 Å². The molecule has 7 nitrogen and oxygen atoms in total. The van der Waals surface area contributed by atoms with E-state index >= 15 is 0 Å². The fourth-order valence-electron chi connectivity index (χ4n) is 2.40. The fourth-order valence-corrected chi connectivity index (χ4v) is 2.40. The zero-order chi connectivity index (χ0) is 17.0. The second-order valence-electron chi connectivity index (χ2n) is 5.12. The standard InChI is InChI=1S/C15H20BNO6/c1-4-13(18)17-12-7-9-6-10(21-3)8-11(15(19)22-5-2)14(9)23-16(12)20/h6,8,12,20H,4-5,7H2,1-3H3,(H,17,18). The molecule has 1 amide bonds. The summed E-state index contributed by atoms with van der Waals surface area (Å²) in [7, 11) is 0.255. The zero-order valence-corrected chi connectivity index (χ0v) is 13.4. The number of nitrogens with one attached hydrogen (secondary N) is 1. The molecule has 1 aliphatic rings. The van der Waals surface area contributed by atoms with Gasteiger partial charge < -0.3 is 24.5 Å². The molecular formula is C15H20BNO6. The number of carbonyl (C=O) groups is 2. The third-order valence-corrected chi connectivity index (χ3v) is 3.56. The van der Waals surface area contributed by atoms with Crippen molar-refractivity contribution in [2.45, 2.75) is 32.6 Å². The van der Waals surface area contributed by atoms with Crippen LogP contribution in [0.5, 0.6) is 11.5 Å². The van der Waals surface area contributed by atoms with Gasteiger partial charge in [0.2, 0.25) is 5.91 Å². The molecule has 0 radical (unpaired) electrons. The average Bonchev–Trinajstić information content (AvgIpc) is 2.54. The van der Waals surface area contributed by atoms with Gasteiger partial charge in [-0.15, -0.1) is 0 Å². The second-order valence-corrected chi connectivity index (χ2v) is 5.12. The van der Waals surface area contributed by atoms with Gasteiger partial charge in [0, 0.05) is 6.42 Å². The summed E-state index contributed by atoms with van der Waals surface area (Å²) in [6, 6.07) is 3.23. The summed E-state index contributed by atoms with van der Waals surface area (Å²) < 4.78 is 15.7. The first kappa shape index (κ1) is 17.1. The highest BCUT2D eigenvalue weighted by atomic mass is 16.5. The van der Waals surface area contributed by atoms with Crippen molar-refractivity contribution in [3.05, 3.63) is 23.3 Å². The lowest BCUT2D eigenvalue weighted by Crippen LogP contribution is -2.53. The van der Waals surface area contributed by atoms with E-state index in [2.05, 4.69) is 5.32 Å². The number of hydrogen-bond donors (Lipinski definition) is 2. The van der Waals surface area contributed by atoms with Crippen molar-refractivity contribution < 1.29 is 28.7 Å². The molecule has 23 heavy (non-hydrogen) atoms. The zero-order valence-electron chi connectivity index (χ0n) is 13.4. The van der Waals surface area contributed by atoms with E-state index in [0.717, 1.165) is 0 Å². The molecule has 1 heterocycles. The first-order valence-corrected chi connectivity index (χ1v) is 7.52. The molecule has 1 aromatic rings. The highest BCUT2D eigenvalue weighted by Gasteiger charge is 2.38. The number of benzene rings is 1. The lowest BCUT2D eigenvalue weighted by Gasteiger charge is -2.29. The predicted octanol–water partition coefficient (Wildman–Crippen LogP) is 0.721. The fraction of sp³-hybridized carbons (Fsp3) is 0.467. The molecule has 1 unspecified atom stereocenters. The summed E-state index contributed by atoms with van der Waals surface area (Å²) in [5.74, 6) is -0.580. The van der Waals surface area contributed by atoms with Crippen LogP contribution in [0.25, 0.3) is 0 Å². The van der Waals surface area contributed by atoms with E-state index < -0.39 is 19.0 Å². The highest BCUT2D eigenvalue weighted by molar-refractivity contribution is 6.47. The lowest BCUT2D eigenvalue weighted by molar-refractivity contribution is -0.121. The van der Waals surface area contributed by atoms with E-state index in [4.69, 9.17) is 14.1 Å². The first-order chi connectivity index (χ1) is 11.0. The van der Waals surface area contributed by atoms with E-state index in [1.165, 1.54) is 13.2 Å². The summed E-state index contributed by atoms with van der Waals surface area (Å²) in [6.07, 6.45) is 0.633. The summed E-state index contributed by atoms with van der Waals surface area (Å²) in [5.41, 5.74) is 0.861. The molecule has 2 rings (SSSR count). The van der Waals surface area contributed by atoms with Gasteiger partial charge >= 0.3 is 13.1 Å².